The summed E-state index contributed by atoms with van der Waals surface area (Å²) in [6.07, 6.45) is 3.47. The molecule has 0 spiro atoms. The monoisotopic (exact) mass is 315 g/mol. The Hall–Kier alpha value is -2.13. The minimum atomic E-state index is -0.259. The standard InChI is InChI=1S/C18H15ClFNO/c19-18-15(8-7-14-3-1-2-4-17(14)18)11-21-22-12-13-5-9-16(20)10-6-13/h1-6,9-11H,7-8,12H2/b21-11+. The van der Waals surface area contributed by atoms with Crippen LogP contribution in [0.4, 0.5) is 4.39 Å². The van der Waals surface area contributed by atoms with Gasteiger partial charge in [-0.3, -0.25) is 0 Å². The first kappa shape index (κ1) is 14.8. The highest BCUT2D eigenvalue weighted by atomic mass is 35.5. The number of benzene rings is 2. The van der Waals surface area contributed by atoms with E-state index in [4.69, 9.17) is 16.4 Å². The zero-order valence-electron chi connectivity index (χ0n) is 11.9. The van der Waals surface area contributed by atoms with Crippen LogP contribution in [-0.2, 0) is 17.9 Å². The van der Waals surface area contributed by atoms with Crippen molar-refractivity contribution in [3.8, 4) is 0 Å². The Balaban J connectivity index is 1.64. The first-order valence-corrected chi connectivity index (χ1v) is 7.48. The van der Waals surface area contributed by atoms with Crippen molar-refractivity contribution >= 4 is 22.8 Å². The number of nitrogens with zero attached hydrogens (tertiary/aromatic N) is 1. The number of hydrogen-bond acceptors (Lipinski definition) is 2. The zero-order valence-corrected chi connectivity index (χ0v) is 12.7. The summed E-state index contributed by atoms with van der Waals surface area (Å²) in [4.78, 5) is 5.25. The van der Waals surface area contributed by atoms with Gasteiger partial charge in [0.15, 0.2) is 0 Å². The smallest absolute Gasteiger partial charge is 0.142 e. The third-order valence-corrected chi connectivity index (χ3v) is 4.07. The van der Waals surface area contributed by atoms with Gasteiger partial charge in [0.05, 0.1) is 11.2 Å². The molecular weight excluding hydrogens is 301 g/mol. The molecule has 2 nitrogen and oxygen atoms in total. The maximum absolute atomic E-state index is 12.8. The molecule has 1 aliphatic rings. The molecule has 0 atom stereocenters. The molecule has 0 aromatic heterocycles. The van der Waals surface area contributed by atoms with Crippen LogP contribution in [0, 0.1) is 5.82 Å². The van der Waals surface area contributed by atoms with E-state index in [1.807, 2.05) is 18.2 Å². The van der Waals surface area contributed by atoms with Crippen molar-refractivity contribution < 1.29 is 9.23 Å². The predicted molar refractivity (Wildman–Crippen MR) is 87.2 cm³/mol. The van der Waals surface area contributed by atoms with Gasteiger partial charge >= 0.3 is 0 Å². The maximum Gasteiger partial charge on any atom is 0.142 e. The summed E-state index contributed by atoms with van der Waals surface area (Å²) in [6, 6.07) is 14.3. The first-order chi connectivity index (χ1) is 10.7. The van der Waals surface area contributed by atoms with E-state index in [0.29, 0.717) is 6.61 Å². The molecule has 112 valence electrons. The summed E-state index contributed by atoms with van der Waals surface area (Å²) in [7, 11) is 0. The minimum absolute atomic E-state index is 0.259. The lowest BCUT2D eigenvalue weighted by Crippen LogP contribution is -2.03. The number of hydrogen-bond donors (Lipinski definition) is 0. The van der Waals surface area contributed by atoms with Gasteiger partial charge in [-0.1, -0.05) is 53.2 Å². The van der Waals surface area contributed by atoms with Crippen molar-refractivity contribution in [1.29, 1.82) is 0 Å². The Labute approximate surface area is 133 Å². The van der Waals surface area contributed by atoms with Gasteiger partial charge in [0.25, 0.3) is 0 Å². The molecule has 0 aliphatic heterocycles. The van der Waals surface area contributed by atoms with Crippen LogP contribution in [0.25, 0.3) is 5.03 Å². The zero-order chi connectivity index (χ0) is 15.4. The van der Waals surface area contributed by atoms with Crippen LogP contribution >= 0.6 is 11.6 Å². The lowest BCUT2D eigenvalue weighted by molar-refractivity contribution is 0.132. The van der Waals surface area contributed by atoms with Gasteiger partial charge in [0.2, 0.25) is 0 Å². The maximum atomic E-state index is 12.8. The molecule has 0 saturated heterocycles. The van der Waals surface area contributed by atoms with Gasteiger partial charge < -0.3 is 4.84 Å². The number of fused-ring (bicyclic) bond motifs is 1. The largest absolute Gasteiger partial charge is 0.391 e. The Bertz CT molecular complexity index is 722. The molecule has 1 aliphatic carbocycles. The Morgan fingerprint density at radius 1 is 1.09 bits per heavy atom. The Morgan fingerprint density at radius 2 is 1.86 bits per heavy atom. The highest BCUT2D eigenvalue weighted by Gasteiger charge is 2.15. The van der Waals surface area contributed by atoms with E-state index in [1.165, 1.54) is 17.7 Å². The Morgan fingerprint density at radius 3 is 2.68 bits per heavy atom. The van der Waals surface area contributed by atoms with Gasteiger partial charge in [-0.2, -0.15) is 0 Å². The second kappa shape index (κ2) is 6.75. The minimum Gasteiger partial charge on any atom is -0.391 e. The van der Waals surface area contributed by atoms with E-state index in [1.54, 1.807) is 18.3 Å². The lowest BCUT2D eigenvalue weighted by Gasteiger charge is -2.16. The lowest BCUT2D eigenvalue weighted by atomic mass is 9.92. The summed E-state index contributed by atoms with van der Waals surface area (Å²) in [5, 5.41) is 4.71. The topological polar surface area (TPSA) is 21.6 Å². The Kier molecular flexibility index (Phi) is 4.54. The molecule has 0 radical (unpaired) electrons. The molecule has 0 bridgehead atoms. The molecule has 0 fully saturated rings. The summed E-state index contributed by atoms with van der Waals surface area (Å²) in [5.41, 5.74) is 4.17. The highest BCUT2D eigenvalue weighted by molar-refractivity contribution is 6.50. The van der Waals surface area contributed by atoms with Crippen LogP contribution in [0.1, 0.15) is 23.1 Å². The summed E-state index contributed by atoms with van der Waals surface area (Å²) in [5.74, 6) is -0.259. The molecule has 2 aromatic rings. The SMILES string of the molecule is Fc1ccc(CO/N=C/C2=C(Cl)c3ccccc3CC2)cc1. The normalized spacial score (nSPS) is 14.3. The van der Waals surface area contributed by atoms with Crippen molar-refractivity contribution in [3.05, 3.63) is 76.6 Å². The molecule has 0 amide bonds. The highest BCUT2D eigenvalue weighted by Crippen LogP contribution is 2.33. The molecular formula is C18H15ClFNO. The summed E-state index contributed by atoms with van der Waals surface area (Å²) in [6.45, 7) is 0.304. The van der Waals surface area contributed by atoms with Gasteiger partial charge in [0, 0.05) is 0 Å². The number of aryl methyl sites for hydroxylation is 1. The van der Waals surface area contributed by atoms with Crippen LogP contribution in [0.15, 0.2) is 59.3 Å². The fourth-order valence-electron chi connectivity index (χ4n) is 2.42. The third kappa shape index (κ3) is 3.37. The van der Waals surface area contributed by atoms with Crippen molar-refractivity contribution in [1.82, 2.24) is 0 Å². The number of allylic oxidation sites excluding steroid dienone is 1. The van der Waals surface area contributed by atoms with Crippen LogP contribution in [0.3, 0.4) is 0 Å². The van der Waals surface area contributed by atoms with E-state index in [2.05, 4.69) is 11.2 Å². The molecule has 3 rings (SSSR count). The summed E-state index contributed by atoms with van der Waals surface area (Å²) < 4.78 is 12.8. The predicted octanol–water partition coefficient (Wildman–Crippen LogP) is 4.92. The van der Waals surface area contributed by atoms with Crippen LogP contribution in [-0.4, -0.2) is 6.21 Å². The van der Waals surface area contributed by atoms with Gasteiger partial charge in [-0.25, -0.2) is 4.39 Å². The molecule has 0 heterocycles. The van der Waals surface area contributed by atoms with Gasteiger partial charge in [-0.15, -0.1) is 0 Å². The molecule has 2 aromatic carbocycles. The average molecular weight is 316 g/mol. The molecule has 22 heavy (non-hydrogen) atoms. The quantitative estimate of drug-likeness (QED) is 0.579. The van der Waals surface area contributed by atoms with Crippen LogP contribution in [0.5, 0.6) is 0 Å². The van der Waals surface area contributed by atoms with E-state index < -0.39 is 0 Å². The number of rotatable bonds is 4. The first-order valence-electron chi connectivity index (χ1n) is 7.11. The second-order valence-electron chi connectivity index (χ2n) is 5.13. The average Bonchev–Trinajstić information content (AvgIpc) is 2.55. The third-order valence-electron chi connectivity index (χ3n) is 3.63. The molecule has 4 heteroatoms. The van der Waals surface area contributed by atoms with Gasteiger partial charge in [0.1, 0.15) is 12.4 Å². The molecule has 0 unspecified atom stereocenters. The molecule has 0 saturated carbocycles. The van der Waals surface area contributed by atoms with Crippen molar-refractivity contribution in [2.24, 2.45) is 5.16 Å². The van der Waals surface area contributed by atoms with Crippen LogP contribution in [0.2, 0.25) is 0 Å². The van der Waals surface area contributed by atoms with Gasteiger partial charge in [-0.05, 0) is 47.2 Å². The van der Waals surface area contributed by atoms with E-state index in [9.17, 15) is 4.39 Å². The van der Waals surface area contributed by atoms with E-state index in [-0.39, 0.29) is 5.82 Å². The summed E-state index contributed by atoms with van der Waals surface area (Å²) >= 11 is 6.42. The molecule has 0 N–H and O–H groups in total. The van der Waals surface area contributed by atoms with E-state index in [0.717, 1.165) is 34.6 Å². The van der Waals surface area contributed by atoms with Crippen molar-refractivity contribution in [2.45, 2.75) is 19.4 Å². The second-order valence-corrected chi connectivity index (χ2v) is 5.51. The van der Waals surface area contributed by atoms with Crippen molar-refractivity contribution in [3.63, 3.8) is 0 Å². The van der Waals surface area contributed by atoms with E-state index >= 15 is 0 Å². The fraction of sp³-hybridized carbons (Fsp3) is 0.167. The fourth-order valence-corrected chi connectivity index (χ4v) is 2.75. The number of halogens is 2. The van der Waals surface area contributed by atoms with Crippen molar-refractivity contribution in [2.75, 3.05) is 0 Å². The number of oxime groups is 1. The van der Waals surface area contributed by atoms with Crippen LogP contribution < -0.4 is 0 Å².